The van der Waals surface area contributed by atoms with E-state index in [1.165, 1.54) is 57.8 Å². The van der Waals surface area contributed by atoms with E-state index in [1.807, 2.05) is 0 Å². The Morgan fingerprint density at radius 2 is 1.37 bits per heavy atom. The van der Waals surface area contributed by atoms with Crippen molar-refractivity contribution >= 4 is 11.9 Å². The molecule has 0 aliphatic rings. The molecular formula is C22H44N2O3. The Bertz CT molecular complexity index is 361. The Morgan fingerprint density at radius 1 is 0.815 bits per heavy atom. The van der Waals surface area contributed by atoms with Crippen molar-refractivity contribution in [1.82, 2.24) is 5.32 Å². The molecule has 0 rings (SSSR count). The molecule has 1 amide bonds. The third kappa shape index (κ3) is 16.8. The van der Waals surface area contributed by atoms with Gasteiger partial charge in [0.1, 0.15) is 6.04 Å². The first-order chi connectivity index (χ1) is 13.2. The monoisotopic (exact) mass is 384 g/mol. The molecule has 27 heavy (non-hydrogen) atoms. The van der Waals surface area contributed by atoms with Crippen molar-refractivity contribution < 1.29 is 14.3 Å². The van der Waals surface area contributed by atoms with Gasteiger partial charge in [0.15, 0.2) is 0 Å². The lowest BCUT2D eigenvalue weighted by molar-refractivity contribution is -0.147. The van der Waals surface area contributed by atoms with Gasteiger partial charge < -0.3 is 15.8 Å². The summed E-state index contributed by atoms with van der Waals surface area (Å²) in [4.78, 5) is 24.1. The minimum atomic E-state index is -0.531. The van der Waals surface area contributed by atoms with Gasteiger partial charge in [-0.15, -0.1) is 0 Å². The molecule has 0 spiro atoms. The van der Waals surface area contributed by atoms with Gasteiger partial charge in [0.25, 0.3) is 0 Å². The van der Waals surface area contributed by atoms with Crippen LogP contribution in [0.1, 0.15) is 110 Å². The number of hydrogen-bond acceptors (Lipinski definition) is 4. The van der Waals surface area contributed by atoms with Gasteiger partial charge in [-0.25, -0.2) is 4.79 Å². The highest BCUT2D eigenvalue weighted by Crippen LogP contribution is 2.12. The van der Waals surface area contributed by atoms with Crippen molar-refractivity contribution in [3.05, 3.63) is 0 Å². The summed E-state index contributed by atoms with van der Waals surface area (Å²) in [6.07, 6.45) is 16.6. The zero-order valence-electron chi connectivity index (χ0n) is 17.9. The van der Waals surface area contributed by atoms with E-state index in [-0.39, 0.29) is 11.9 Å². The summed E-state index contributed by atoms with van der Waals surface area (Å²) in [6, 6.07) is -0.531. The zero-order valence-corrected chi connectivity index (χ0v) is 17.9. The maximum absolute atomic E-state index is 12.1. The summed E-state index contributed by atoms with van der Waals surface area (Å²) in [5.74, 6) is -0.376. The smallest absolute Gasteiger partial charge is 0.328 e. The topological polar surface area (TPSA) is 81.4 Å². The van der Waals surface area contributed by atoms with Crippen LogP contribution in [0.15, 0.2) is 0 Å². The summed E-state index contributed by atoms with van der Waals surface area (Å²) < 4.78 is 5.06. The first kappa shape index (κ1) is 25.9. The van der Waals surface area contributed by atoms with E-state index in [1.54, 1.807) is 6.92 Å². The number of amides is 1. The molecule has 5 heteroatoms. The molecule has 0 unspecified atom stereocenters. The second kappa shape index (κ2) is 19.7. The van der Waals surface area contributed by atoms with Crippen molar-refractivity contribution in [2.24, 2.45) is 5.73 Å². The molecule has 0 saturated carbocycles. The van der Waals surface area contributed by atoms with Crippen molar-refractivity contribution in [1.29, 1.82) is 0 Å². The summed E-state index contributed by atoms with van der Waals surface area (Å²) in [7, 11) is 0. The van der Waals surface area contributed by atoms with E-state index >= 15 is 0 Å². The molecule has 160 valence electrons. The standard InChI is InChI=1S/C22H44N2O3/c1-3-5-6-7-8-9-10-11-12-13-14-18-21(25)24-20(17-15-16-19-23)22(26)27-4-2/h20H,3-19,23H2,1-2H3,(H,24,25)/t20-/m0/s1. The fourth-order valence-electron chi connectivity index (χ4n) is 3.20. The van der Waals surface area contributed by atoms with Crippen LogP contribution in [0.2, 0.25) is 0 Å². The maximum Gasteiger partial charge on any atom is 0.328 e. The van der Waals surface area contributed by atoms with Crippen LogP contribution < -0.4 is 11.1 Å². The number of carbonyl (C=O) groups excluding carboxylic acids is 2. The Hall–Kier alpha value is -1.10. The van der Waals surface area contributed by atoms with Crippen LogP contribution in [0.5, 0.6) is 0 Å². The lowest BCUT2D eigenvalue weighted by Gasteiger charge is -2.17. The molecule has 0 aliphatic carbocycles. The highest BCUT2D eigenvalue weighted by Gasteiger charge is 2.21. The lowest BCUT2D eigenvalue weighted by Crippen LogP contribution is -2.41. The fourth-order valence-corrected chi connectivity index (χ4v) is 3.20. The van der Waals surface area contributed by atoms with Gasteiger partial charge >= 0.3 is 5.97 Å². The predicted octanol–water partition coefficient (Wildman–Crippen LogP) is 4.86. The summed E-state index contributed by atoms with van der Waals surface area (Å²) in [5.41, 5.74) is 5.50. The number of hydrogen-bond donors (Lipinski definition) is 2. The lowest BCUT2D eigenvalue weighted by atomic mass is 10.0. The number of ether oxygens (including phenoxy) is 1. The molecule has 0 saturated heterocycles. The molecule has 0 radical (unpaired) electrons. The third-order valence-electron chi connectivity index (χ3n) is 4.86. The van der Waals surface area contributed by atoms with Gasteiger partial charge in [-0.2, -0.15) is 0 Å². The number of unbranched alkanes of at least 4 members (excludes halogenated alkanes) is 11. The van der Waals surface area contributed by atoms with E-state index in [9.17, 15) is 9.59 Å². The second-order valence-corrected chi connectivity index (χ2v) is 7.44. The first-order valence-electron chi connectivity index (χ1n) is 11.3. The molecule has 0 aromatic rings. The Balaban J connectivity index is 3.74. The van der Waals surface area contributed by atoms with Crippen molar-refractivity contribution in [3.8, 4) is 0 Å². The number of nitrogens with one attached hydrogen (secondary N) is 1. The molecule has 0 aromatic heterocycles. The largest absolute Gasteiger partial charge is 0.464 e. The molecule has 0 fully saturated rings. The van der Waals surface area contributed by atoms with Crippen LogP contribution in [-0.2, 0) is 14.3 Å². The van der Waals surface area contributed by atoms with Gasteiger partial charge in [-0.3, -0.25) is 4.79 Å². The van der Waals surface area contributed by atoms with Gasteiger partial charge in [-0.1, -0.05) is 71.1 Å². The van der Waals surface area contributed by atoms with Gasteiger partial charge in [0.05, 0.1) is 6.61 Å². The van der Waals surface area contributed by atoms with E-state index in [0.29, 0.717) is 26.0 Å². The SMILES string of the molecule is CCCCCCCCCCCCCC(=O)N[C@@H](CCCCN)C(=O)OCC. The van der Waals surface area contributed by atoms with E-state index < -0.39 is 6.04 Å². The Kier molecular flexibility index (Phi) is 18.9. The van der Waals surface area contributed by atoms with Crippen molar-refractivity contribution in [2.45, 2.75) is 116 Å². The normalized spacial score (nSPS) is 12.0. The molecule has 0 aliphatic heterocycles. The number of carbonyl (C=O) groups is 2. The van der Waals surface area contributed by atoms with E-state index in [4.69, 9.17) is 10.5 Å². The van der Waals surface area contributed by atoms with Crippen LogP contribution in [-0.4, -0.2) is 31.1 Å². The molecule has 0 bridgehead atoms. The van der Waals surface area contributed by atoms with Crippen LogP contribution in [0, 0.1) is 0 Å². The summed E-state index contributed by atoms with van der Waals surface area (Å²) in [5, 5.41) is 2.84. The van der Waals surface area contributed by atoms with Crippen LogP contribution in [0.25, 0.3) is 0 Å². The minimum Gasteiger partial charge on any atom is -0.464 e. The molecule has 0 aromatic carbocycles. The summed E-state index contributed by atoms with van der Waals surface area (Å²) in [6.45, 7) is 4.96. The second-order valence-electron chi connectivity index (χ2n) is 7.44. The van der Waals surface area contributed by atoms with Gasteiger partial charge in [0, 0.05) is 6.42 Å². The van der Waals surface area contributed by atoms with Gasteiger partial charge in [0.2, 0.25) is 5.91 Å². The molecule has 5 nitrogen and oxygen atoms in total. The van der Waals surface area contributed by atoms with Crippen LogP contribution in [0.3, 0.4) is 0 Å². The fraction of sp³-hybridized carbons (Fsp3) is 0.909. The number of nitrogens with two attached hydrogens (primary N) is 1. The zero-order chi connectivity index (χ0) is 20.2. The molecule has 3 N–H and O–H groups in total. The van der Waals surface area contributed by atoms with E-state index in [0.717, 1.165) is 25.7 Å². The van der Waals surface area contributed by atoms with Crippen LogP contribution in [0.4, 0.5) is 0 Å². The maximum atomic E-state index is 12.1. The predicted molar refractivity (Wildman–Crippen MR) is 113 cm³/mol. The van der Waals surface area contributed by atoms with Crippen molar-refractivity contribution in [2.75, 3.05) is 13.2 Å². The number of rotatable bonds is 19. The average Bonchev–Trinajstić information content (AvgIpc) is 2.65. The van der Waals surface area contributed by atoms with E-state index in [2.05, 4.69) is 12.2 Å². The average molecular weight is 385 g/mol. The highest BCUT2D eigenvalue weighted by molar-refractivity contribution is 5.84. The summed E-state index contributed by atoms with van der Waals surface area (Å²) >= 11 is 0. The highest BCUT2D eigenvalue weighted by atomic mass is 16.5. The third-order valence-corrected chi connectivity index (χ3v) is 4.86. The first-order valence-corrected chi connectivity index (χ1v) is 11.3. The van der Waals surface area contributed by atoms with Crippen LogP contribution >= 0.6 is 0 Å². The van der Waals surface area contributed by atoms with Gasteiger partial charge in [-0.05, 0) is 39.2 Å². The molecule has 1 atom stereocenters. The quantitative estimate of drug-likeness (QED) is 0.246. The molecule has 0 heterocycles. The Morgan fingerprint density at radius 3 is 1.89 bits per heavy atom. The number of esters is 1. The Labute approximate surface area is 167 Å². The molecular weight excluding hydrogens is 340 g/mol. The van der Waals surface area contributed by atoms with Crippen molar-refractivity contribution in [3.63, 3.8) is 0 Å². The minimum absolute atomic E-state index is 0.0447.